The molecule has 1 aromatic rings. The second kappa shape index (κ2) is 6.43. The molecule has 1 aliphatic rings. The number of phenolic OH excluding ortho intramolecular Hbond substituents is 1. The Kier molecular flexibility index (Phi) is 4.63. The van der Waals surface area contributed by atoms with Crippen molar-refractivity contribution in [2.75, 3.05) is 18.9 Å². The summed E-state index contributed by atoms with van der Waals surface area (Å²) in [5.41, 5.74) is 5.94. The van der Waals surface area contributed by atoms with E-state index in [1.807, 2.05) is 0 Å². The molecule has 4 N–H and O–H groups in total. The molecule has 0 heterocycles. The van der Waals surface area contributed by atoms with Gasteiger partial charge in [-0.3, -0.25) is 4.79 Å². The van der Waals surface area contributed by atoms with Crippen LogP contribution in [0.2, 0.25) is 0 Å². The van der Waals surface area contributed by atoms with E-state index in [-0.39, 0.29) is 22.9 Å². The first-order valence-electron chi connectivity index (χ1n) is 6.65. The number of hydrogen-bond donors (Lipinski definition) is 3. The van der Waals surface area contributed by atoms with Crippen LogP contribution in [0.1, 0.15) is 36.0 Å². The average Bonchev–Trinajstić information content (AvgIpc) is 2.91. The van der Waals surface area contributed by atoms with Gasteiger partial charge in [-0.1, -0.05) is 18.9 Å². The molecule has 0 aromatic heterocycles. The molecule has 0 bridgehead atoms. The SMILES string of the molecule is Nc1cccc(C(=O)NCCOC2CCCC2)c1O. The van der Waals surface area contributed by atoms with E-state index < -0.39 is 0 Å². The van der Waals surface area contributed by atoms with Gasteiger partial charge in [-0.2, -0.15) is 0 Å². The number of rotatable bonds is 5. The fraction of sp³-hybridized carbons (Fsp3) is 0.500. The summed E-state index contributed by atoms with van der Waals surface area (Å²) in [6.07, 6.45) is 5.04. The van der Waals surface area contributed by atoms with Crippen LogP contribution < -0.4 is 11.1 Å². The highest BCUT2D eigenvalue weighted by molar-refractivity contribution is 5.98. The molecule has 1 aliphatic carbocycles. The number of hydrogen-bond acceptors (Lipinski definition) is 4. The molecule has 5 nitrogen and oxygen atoms in total. The van der Waals surface area contributed by atoms with Crippen molar-refractivity contribution in [3.63, 3.8) is 0 Å². The number of carbonyl (C=O) groups is 1. The Morgan fingerprint density at radius 3 is 2.89 bits per heavy atom. The zero-order valence-electron chi connectivity index (χ0n) is 10.9. The van der Waals surface area contributed by atoms with Crippen molar-refractivity contribution in [2.45, 2.75) is 31.8 Å². The van der Waals surface area contributed by atoms with Crippen molar-refractivity contribution < 1.29 is 14.6 Å². The second-order valence-corrected chi connectivity index (χ2v) is 4.78. The molecular formula is C14H20N2O3. The molecule has 1 fully saturated rings. The largest absolute Gasteiger partial charge is 0.505 e. The van der Waals surface area contributed by atoms with E-state index in [0.717, 1.165) is 12.8 Å². The molecule has 0 spiro atoms. The van der Waals surface area contributed by atoms with Crippen LogP contribution in [-0.4, -0.2) is 30.3 Å². The lowest BCUT2D eigenvalue weighted by atomic mass is 10.1. The lowest BCUT2D eigenvalue weighted by Gasteiger charge is -2.12. The fourth-order valence-electron chi connectivity index (χ4n) is 2.29. The van der Waals surface area contributed by atoms with Crippen molar-refractivity contribution >= 4 is 11.6 Å². The predicted octanol–water partition coefficient (Wildman–Crippen LogP) is 1.66. The summed E-state index contributed by atoms with van der Waals surface area (Å²) in [5, 5.41) is 12.4. The van der Waals surface area contributed by atoms with Gasteiger partial charge in [0.05, 0.1) is 24.0 Å². The van der Waals surface area contributed by atoms with Gasteiger partial charge in [0.25, 0.3) is 5.91 Å². The number of carbonyl (C=O) groups excluding carboxylic acids is 1. The quantitative estimate of drug-likeness (QED) is 0.429. The number of nitrogens with one attached hydrogen (secondary N) is 1. The third-order valence-corrected chi connectivity index (χ3v) is 3.36. The molecule has 1 aromatic carbocycles. The molecule has 0 aliphatic heterocycles. The highest BCUT2D eigenvalue weighted by atomic mass is 16.5. The monoisotopic (exact) mass is 264 g/mol. The van der Waals surface area contributed by atoms with Crippen LogP contribution in [0, 0.1) is 0 Å². The summed E-state index contributed by atoms with van der Waals surface area (Å²) in [7, 11) is 0. The summed E-state index contributed by atoms with van der Waals surface area (Å²) in [4.78, 5) is 11.8. The molecule has 2 rings (SSSR count). The summed E-state index contributed by atoms with van der Waals surface area (Å²) in [6, 6.07) is 4.73. The van der Waals surface area contributed by atoms with Crippen molar-refractivity contribution in [3.05, 3.63) is 23.8 Å². The van der Waals surface area contributed by atoms with E-state index in [4.69, 9.17) is 10.5 Å². The first kappa shape index (κ1) is 13.7. The minimum Gasteiger partial charge on any atom is -0.505 e. The number of phenols is 1. The van der Waals surface area contributed by atoms with Gasteiger partial charge in [-0.25, -0.2) is 0 Å². The van der Waals surface area contributed by atoms with Crippen LogP contribution in [0.25, 0.3) is 0 Å². The Morgan fingerprint density at radius 1 is 1.42 bits per heavy atom. The van der Waals surface area contributed by atoms with Gasteiger partial charge < -0.3 is 20.9 Å². The summed E-state index contributed by atoms with van der Waals surface area (Å²) >= 11 is 0. The molecule has 5 heteroatoms. The Labute approximate surface area is 112 Å². The minimum atomic E-state index is -0.333. The van der Waals surface area contributed by atoms with E-state index in [1.54, 1.807) is 18.2 Å². The number of aromatic hydroxyl groups is 1. The third-order valence-electron chi connectivity index (χ3n) is 3.36. The summed E-state index contributed by atoms with van der Waals surface area (Å²) < 4.78 is 5.64. The van der Waals surface area contributed by atoms with Crippen molar-refractivity contribution in [1.29, 1.82) is 0 Å². The number of para-hydroxylation sites is 1. The minimum absolute atomic E-state index is 0.170. The van der Waals surface area contributed by atoms with Gasteiger partial charge in [-0.15, -0.1) is 0 Å². The molecule has 0 atom stereocenters. The molecule has 0 saturated heterocycles. The molecule has 0 unspecified atom stereocenters. The van der Waals surface area contributed by atoms with Crippen LogP contribution in [0.3, 0.4) is 0 Å². The van der Waals surface area contributed by atoms with Crippen molar-refractivity contribution in [1.82, 2.24) is 5.32 Å². The van der Waals surface area contributed by atoms with Gasteiger partial charge in [0.1, 0.15) is 0 Å². The van der Waals surface area contributed by atoms with E-state index >= 15 is 0 Å². The first-order valence-corrected chi connectivity index (χ1v) is 6.65. The molecular weight excluding hydrogens is 244 g/mol. The number of nitrogens with two attached hydrogens (primary N) is 1. The first-order chi connectivity index (χ1) is 9.18. The van der Waals surface area contributed by atoms with Gasteiger partial charge in [0, 0.05) is 6.54 Å². The molecule has 0 radical (unpaired) electrons. The lowest BCUT2D eigenvalue weighted by molar-refractivity contribution is 0.0581. The second-order valence-electron chi connectivity index (χ2n) is 4.78. The van der Waals surface area contributed by atoms with Crippen LogP contribution >= 0.6 is 0 Å². The van der Waals surface area contributed by atoms with Crippen LogP contribution in [0.4, 0.5) is 5.69 Å². The summed E-state index contributed by atoms with van der Waals surface area (Å²) in [5.74, 6) is -0.503. The van der Waals surface area contributed by atoms with Crippen molar-refractivity contribution in [3.8, 4) is 5.75 Å². The van der Waals surface area contributed by atoms with Crippen molar-refractivity contribution in [2.24, 2.45) is 0 Å². The molecule has 104 valence electrons. The zero-order chi connectivity index (χ0) is 13.7. The predicted molar refractivity (Wildman–Crippen MR) is 73.1 cm³/mol. The normalized spacial score (nSPS) is 15.6. The standard InChI is InChI=1S/C14H20N2O3/c15-12-7-3-6-11(13(12)17)14(18)16-8-9-19-10-4-1-2-5-10/h3,6-7,10,17H,1-2,4-5,8-9,15H2,(H,16,18). The van der Waals surface area contributed by atoms with E-state index in [0.29, 0.717) is 19.3 Å². The highest BCUT2D eigenvalue weighted by Gasteiger charge is 2.15. The fourth-order valence-corrected chi connectivity index (χ4v) is 2.29. The Morgan fingerprint density at radius 2 is 2.16 bits per heavy atom. The van der Waals surface area contributed by atoms with Crippen LogP contribution in [0.5, 0.6) is 5.75 Å². The van der Waals surface area contributed by atoms with Gasteiger partial charge >= 0.3 is 0 Å². The van der Waals surface area contributed by atoms with Crippen LogP contribution in [-0.2, 0) is 4.74 Å². The number of ether oxygens (including phenoxy) is 1. The molecule has 1 amide bonds. The number of anilines is 1. The highest BCUT2D eigenvalue weighted by Crippen LogP contribution is 2.24. The topological polar surface area (TPSA) is 84.6 Å². The zero-order valence-corrected chi connectivity index (χ0v) is 10.9. The average molecular weight is 264 g/mol. The smallest absolute Gasteiger partial charge is 0.255 e. The lowest BCUT2D eigenvalue weighted by Crippen LogP contribution is -2.28. The Balaban J connectivity index is 1.76. The van der Waals surface area contributed by atoms with Crippen LogP contribution in [0.15, 0.2) is 18.2 Å². The summed E-state index contributed by atoms with van der Waals surface area (Å²) in [6.45, 7) is 0.934. The maximum Gasteiger partial charge on any atom is 0.255 e. The van der Waals surface area contributed by atoms with E-state index in [1.165, 1.54) is 12.8 Å². The third kappa shape index (κ3) is 3.61. The maximum absolute atomic E-state index is 11.8. The molecule has 19 heavy (non-hydrogen) atoms. The molecule has 1 saturated carbocycles. The van der Waals surface area contributed by atoms with Gasteiger partial charge in [0.2, 0.25) is 0 Å². The number of benzene rings is 1. The van der Waals surface area contributed by atoms with E-state index in [9.17, 15) is 9.90 Å². The maximum atomic E-state index is 11.8. The number of amides is 1. The van der Waals surface area contributed by atoms with E-state index in [2.05, 4.69) is 5.32 Å². The Hall–Kier alpha value is -1.75. The van der Waals surface area contributed by atoms with Gasteiger partial charge in [0.15, 0.2) is 5.75 Å². The number of nitrogen functional groups attached to an aromatic ring is 1. The van der Waals surface area contributed by atoms with Gasteiger partial charge in [-0.05, 0) is 25.0 Å². The Bertz CT molecular complexity index is 442.